The average Bonchev–Trinajstić information content (AvgIpc) is 2.82. The van der Waals surface area contributed by atoms with E-state index in [9.17, 15) is 0 Å². The van der Waals surface area contributed by atoms with Crippen molar-refractivity contribution in [1.29, 1.82) is 0 Å². The Morgan fingerprint density at radius 1 is 0.710 bits per heavy atom. The molecule has 1 N–H and O–H groups in total. The summed E-state index contributed by atoms with van der Waals surface area (Å²) < 4.78 is 0. The van der Waals surface area contributed by atoms with E-state index in [-0.39, 0.29) is 6.04 Å². The maximum atomic E-state index is 4.17. The molecule has 2 heteroatoms. The van der Waals surface area contributed by atoms with E-state index in [1.807, 2.05) is 12.4 Å². The van der Waals surface area contributed by atoms with Gasteiger partial charge in [0.2, 0.25) is 0 Å². The van der Waals surface area contributed by atoms with Crippen LogP contribution in [0.4, 0.5) is 0 Å². The highest BCUT2D eigenvalue weighted by Gasteiger charge is 2.06. The number of nitrogens with zero attached hydrogens (tertiary/aromatic N) is 1. The molecule has 2 rings (SSSR count). The summed E-state index contributed by atoms with van der Waals surface area (Å²) in [7, 11) is 0. The number of hydrogen-bond donors (Lipinski definition) is 1. The van der Waals surface area contributed by atoms with Crippen molar-refractivity contribution < 1.29 is 0 Å². The summed E-state index contributed by atoms with van der Waals surface area (Å²) in [5, 5.41) is 3.73. The fourth-order valence-electron chi connectivity index (χ4n) is 4.04. The normalized spacial score (nSPS) is 12.4. The zero-order valence-corrected chi connectivity index (χ0v) is 19.8. The zero-order chi connectivity index (χ0) is 21.8. The highest BCUT2D eigenvalue weighted by Crippen LogP contribution is 2.16. The Bertz CT molecular complexity index is 666. The van der Waals surface area contributed by atoms with E-state index in [0.717, 1.165) is 6.54 Å². The summed E-state index contributed by atoms with van der Waals surface area (Å²) in [4.78, 5) is 4.17. The van der Waals surface area contributed by atoms with Crippen LogP contribution in [0.15, 0.2) is 60.9 Å². The fourth-order valence-corrected chi connectivity index (χ4v) is 4.04. The maximum absolute atomic E-state index is 4.17. The molecule has 0 amide bonds. The number of unbranched alkanes of at least 4 members (excludes halogenated alkanes) is 12. The Morgan fingerprint density at radius 3 is 1.84 bits per heavy atom. The van der Waals surface area contributed by atoms with E-state index in [0.29, 0.717) is 0 Å². The summed E-state index contributed by atoms with van der Waals surface area (Å²) in [5.41, 5.74) is 2.51. The quantitative estimate of drug-likeness (QED) is 0.244. The number of aromatic nitrogens is 1. The Morgan fingerprint density at radius 2 is 1.26 bits per heavy atom. The van der Waals surface area contributed by atoms with Crippen LogP contribution in [-0.4, -0.2) is 11.5 Å². The molecule has 31 heavy (non-hydrogen) atoms. The van der Waals surface area contributed by atoms with Crippen LogP contribution in [0, 0.1) is 0 Å². The molecular weight excluding hydrogens is 376 g/mol. The molecule has 1 unspecified atom stereocenters. The van der Waals surface area contributed by atoms with Gasteiger partial charge in [0.25, 0.3) is 0 Å². The van der Waals surface area contributed by atoms with Crippen molar-refractivity contribution >= 4 is 6.08 Å². The molecule has 0 aliphatic rings. The maximum Gasteiger partial charge on any atom is 0.0510 e. The van der Waals surface area contributed by atoms with Gasteiger partial charge in [0.05, 0.1) is 6.04 Å². The van der Waals surface area contributed by atoms with Gasteiger partial charge in [-0.15, -0.1) is 0 Å². The third-order valence-corrected chi connectivity index (χ3v) is 5.99. The molecular formula is C29H44N2. The van der Waals surface area contributed by atoms with Crippen molar-refractivity contribution in [1.82, 2.24) is 10.3 Å². The Kier molecular flexibility index (Phi) is 14.5. The lowest BCUT2D eigenvalue weighted by Crippen LogP contribution is -2.20. The molecule has 2 nitrogen and oxygen atoms in total. The van der Waals surface area contributed by atoms with Crippen molar-refractivity contribution in [2.24, 2.45) is 0 Å². The molecule has 0 aliphatic carbocycles. The molecule has 1 atom stereocenters. The molecule has 0 radical (unpaired) electrons. The molecule has 1 aromatic heterocycles. The van der Waals surface area contributed by atoms with E-state index in [2.05, 4.69) is 71.8 Å². The van der Waals surface area contributed by atoms with Crippen molar-refractivity contribution in [2.75, 3.05) is 6.54 Å². The minimum atomic E-state index is 0.237. The number of rotatable bonds is 18. The SMILES string of the molecule is CCCCCCCCCCCCCCCNC(C=Cc1ccccc1)c1ccncc1. The second-order valence-electron chi connectivity index (χ2n) is 8.72. The zero-order valence-electron chi connectivity index (χ0n) is 19.8. The van der Waals surface area contributed by atoms with Crippen LogP contribution >= 0.6 is 0 Å². The van der Waals surface area contributed by atoms with E-state index >= 15 is 0 Å². The second kappa shape index (κ2) is 17.7. The highest BCUT2D eigenvalue weighted by molar-refractivity contribution is 5.50. The number of hydrogen-bond acceptors (Lipinski definition) is 2. The van der Waals surface area contributed by atoms with Crippen LogP contribution in [-0.2, 0) is 0 Å². The molecule has 1 aromatic carbocycles. The van der Waals surface area contributed by atoms with Crippen LogP contribution in [0.25, 0.3) is 6.08 Å². The van der Waals surface area contributed by atoms with Crippen LogP contribution in [0.2, 0.25) is 0 Å². The lowest BCUT2D eigenvalue weighted by Gasteiger charge is -2.15. The average molecular weight is 421 g/mol. The largest absolute Gasteiger partial charge is 0.307 e. The van der Waals surface area contributed by atoms with Crippen LogP contribution in [0.1, 0.15) is 108 Å². The van der Waals surface area contributed by atoms with Gasteiger partial charge in [-0.05, 0) is 36.2 Å². The van der Waals surface area contributed by atoms with E-state index in [1.165, 1.54) is 94.6 Å². The van der Waals surface area contributed by atoms with Gasteiger partial charge in [-0.1, -0.05) is 126 Å². The van der Waals surface area contributed by atoms with Crippen LogP contribution in [0.5, 0.6) is 0 Å². The first-order valence-corrected chi connectivity index (χ1v) is 12.8. The van der Waals surface area contributed by atoms with Gasteiger partial charge in [0, 0.05) is 12.4 Å². The molecule has 0 aliphatic heterocycles. The smallest absolute Gasteiger partial charge is 0.0510 e. The summed E-state index contributed by atoms with van der Waals surface area (Å²) in [6.45, 7) is 3.35. The van der Waals surface area contributed by atoms with Gasteiger partial charge in [-0.25, -0.2) is 0 Å². The van der Waals surface area contributed by atoms with Gasteiger partial charge in [0.15, 0.2) is 0 Å². The molecule has 0 fully saturated rings. The summed E-state index contributed by atoms with van der Waals surface area (Å²) in [6.07, 6.45) is 26.4. The first-order chi connectivity index (χ1) is 15.4. The Labute approximate surface area is 191 Å². The lowest BCUT2D eigenvalue weighted by molar-refractivity contribution is 0.525. The van der Waals surface area contributed by atoms with E-state index in [4.69, 9.17) is 0 Å². The summed E-state index contributed by atoms with van der Waals surface area (Å²) >= 11 is 0. The van der Waals surface area contributed by atoms with Crippen molar-refractivity contribution in [2.45, 2.75) is 96.4 Å². The molecule has 0 saturated carbocycles. The van der Waals surface area contributed by atoms with Crippen LogP contribution < -0.4 is 5.32 Å². The summed E-state index contributed by atoms with van der Waals surface area (Å²) in [6, 6.07) is 15.0. The third-order valence-electron chi connectivity index (χ3n) is 5.99. The molecule has 0 spiro atoms. The van der Waals surface area contributed by atoms with E-state index in [1.54, 1.807) is 0 Å². The molecule has 0 saturated heterocycles. The minimum absolute atomic E-state index is 0.237. The van der Waals surface area contributed by atoms with Crippen molar-refractivity contribution in [3.05, 3.63) is 72.1 Å². The number of pyridine rings is 1. The molecule has 1 heterocycles. The van der Waals surface area contributed by atoms with Crippen molar-refractivity contribution in [3.63, 3.8) is 0 Å². The fraction of sp³-hybridized carbons (Fsp3) is 0.552. The van der Waals surface area contributed by atoms with Gasteiger partial charge in [-0.3, -0.25) is 4.98 Å². The number of benzene rings is 1. The molecule has 170 valence electrons. The topological polar surface area (TPSA) is 24.9 Å². The second-order valence-corrected chi connectivity index (χ2v) is 8.72. The Balaban J connectivity index is 1.55. The predicted octanol–water partition coefficient (Wildman–Crippen LogP) is 8.52. The molecule has 2 aromatic rings. The first-order valence-electron chi connectivity index (χ1n) is 12.8. The Hall–Kier alpha value is -1.93. The third kappa shape index (κ3) is 12.5. The van der Waals surface area contributed by atoms with Gasteiger partial charge in [0.1, 0.15) is 0 Å². The lowest BCUT2D eigenvalue weighted by atomic mass is 10.0. The first kappa shape index (κ1) is 25.3. The highest BCUT2D eigenvalue weighted by atomic mass is 14.9. The van der Waals surface area contributed by atoms with Crippen molar-refractivity contribution in [3.8, 4) is 0 Å². The summed E-state index contributed by atoms with van der Waals surface area (Å²) in [5.74, 6) is 0. The van der Waals surface area contributed by atoms with Crippen LogP contribution in [0.3, 0.4) is 0 Å². The minimum Gasteiger partial charge on any atom is -0.307 e. The van der Waals surface area contributed by atoms with Gasteiger partial charge >= 0.3 is 0 Å². The predicted molar refractivity (Wildman–Crippen MR) is 136 cm³/mol. The number of nitrogens with one attached hydrogen (secondary N) is 1. The van der Waals surface area contributed by atoms with Gasteiger partial charge < -0.3 is 5.32 Å². The van der Waals surface area contributed by atoms with Gasteiger partial charge in [-0.2, -0.15) is 0 Å². The standard InChI is InChI=1S/C29H44N2/c1-2-3-4-5-6-7-8-9-10-11-12-13-17-24-31-29(28-22-25-30-26-23-28)21-20-27-18-15-14-16-19-27/h14-16,18-23,25-26,29,31H,2-13,17,24H2,1H3. The van der Waals surface area contributed by atoms with E-state index < -0.39 is 0 Å². The molecule has 0 bridgehead atoms. The monoisotopic (exact) mass is 420 g/mol.